The Hall–Kier alpha value is -2.64. The summed E-state index contributed by atoms with van der Waals surface area (Å²) in [6, 6.07) is 10.1. The third kappa shape index (κ3) is 4.36. The van der Waals surface area contributed by atoms with Gasteiger partial charge in [0.2, 0.25) is 0 Å². The maximum absolute atomic E-state index is 11.1. The fraction of sp³-hybridized carbons (Fsp3) is 0.381. The molecule has 0 spiro atoms. The van der Waals surface area contributed by atoms with Gasteiger partial charge in [-0.1, -0.05) is 35.9 Å². The summed E-state index contributed by atoms with van der Waals surface area (Å²) >= 11 is 6.45. The molecule has 0 unspecified atom stereocenters. The Bertz CT molecular complexity index is 1010. The van der Waals surface area contributed by atoms with Crippen LogP contribution in [-0.4, -0.2) is 39.2 Å². The summed E-state index contributed by atoms with van der Waals surface area (Å²) in [5, 5.41) is 9.63. The molecule has 152 valence electrons. The topological polar surface area (TPSA) is 97.3 Å². The van der Waals surface area contributed by atoms with E-state index < -0.39 is 5.97 Å². The molecule has 1 saturated carbocycles. The number of aromatic nitrogens is 3. The van der Waals surface area contributed by atoms with Crippen molar-refractivity contribution in [2.24, 2.45) is 5.92 Å². The Morgan fingerprint density at radius 2 is 1.93 bits per heavy atom. The summed E-state index contributed by atoms with van der Waals surface area (Å²) in [5.41, 5.74) is 3.85. The molecular weight excluding hydrogens is 394 g/mol. The predicted molar refractivity (Wildman–Crippen MR) is 109 cm³/mol. The van der Waals surface area contributed by atoms with Gasteiger partial charge in [-0.2, -0.15) is 4.98 Å². The molecule has 4 rings (SSSR count). The Kier molecular flexibility index (Phi) is 5.69. The second-order valence-electron chi connectivity index (χ2n) is 7.29. The summed E-state index contributed by atoms with van der Waals surface area (Å²) in [6.45, 7) is 0.551. The number of carboxylic acids is 1. The van der Waals surface area contributed by atoms with E-state index in [4.69, 9.17) is 26.2 Å². The van der Waals surface area contributed by atoms with E-state index in [0.717, 1.165) is 11.1 Å². The van der Waals surface area contributed by atoms with E-state index in [0.29, 0.717) is 60.2 Å². The number of carboxylic acid groups (broad SMARTS) is 1. The van der Waals surface area contributed by atoms with Gasteiger partial charge in [-0.25, -0.2) is 4.98 Å². The minimum Gasteiger partial charge on any atom is -0.481 e. The van der Waals surface area contributed by atoms with Crippen molar-refractivity contribution < 1.29 is 19.4 Å². The molecule has 3 aromatic rings. The molecule has 0 amide bonds. The van der Waals surface area contributed by atoms with Crippen LogP contribution in [0.25, 0.3) is 22.4 Å². The summed E-state index contributed by atoms with van der Waals surface area (Å²) in [5.74, 6) is -1.00. The van der Waals surface area contributed by atoms with Crippen LogP contribution in [0.4, 0.5) is 0 Å². The van der Waals surface area contributed by atoms with Crippen LogP contribution < -0.4 is 4.74 Å². The molecule has 7 nitrogen and oxygen atoms in total. The van der Waals surface area contributed by atoms with Crippen molar-refractivity contribution in [3.63, 3.8) is 0 Å². The Morgan fingerprint density at radius 3 is 2.59 bits per heavy atom. The number of imidazole rings is 1. The number of fused-ring (bicyclic) bond motifs is 1. The van der Waals surface area contributed by atoms with Crippen LogP contribution in [0, 0.1) is 5.92 Å². The first-order chi connectivity index (χ1) is 14.0. The van der Waals surface area contributed by atoms with Gasteiger partial charge in [-0.05, 0) is 37.3 Å². The van der Waals surface area contributed by atoms with Gasteiger partial charge in [-0.15, -0.1) is 0 Å². The zero-order chi connectivity index (χ0) is 20.4. The van der Waals surface area contributed by atoms with E-state index in [1.165, 1.54) is 0 Å². The molecule has 0 saturated heterocycles. The third-order valence-corrected chi connectivity index (χ3v) is 5.53. The number of pyridine rings is 1. The first-order valence-corrected chi connectivity index (χ1v) is 9.95. The number of ether oxygens (including phenoxy) is 2. The number of aliphatic carboxylic acids is 1. The van der Waals surface area contributed by atoms with Crippen LogP contribution in [0.3, 0.4) is 0 Å². The molecule has 0 radical (unpaired) electrons. The molecule has 29 heavy (non-hydrogen) atoms. The zero-order valence-electron chi connectivity index (χ0n) is 16.0. The highest BCUT2D eigenvalue weighted by Crippen LogP contribution is 2.31. The van der Waals surface area contributed by atoms with Gasteiger partial charge in [0.25, 0.3) is 6.01 Å². The molecule has 1 aliphatic carbocycles. The molecule has 2 N–H and O–H groups in total. The lowest BCUT2D eigenvalue weighted by atomic mass is 9.87. The number of methoxy groups -OCH3 is 1. The van der Waals surface area contributed by atoms with E-state index in [-0.39, 0.29) is 12.0 Å². The van der Waals surface area contributed by atoms with Gasteiger partial charge in [0.05, 0.1) is 28.8 Å². The average Bonchev–Trinajstić information content (AvgIpc) is 3.09. The standard InChI is InChI=1S/C21H22ClN3O4/c1-28-11-12-2-4-13(5-3-12)18-16(22)10-17-19(24-18)25-21(23-17)29-15-8-6-14(7-9-15)20(26)27/h2-5,10,14-15H,6-9,11H2,1H3,(H,26,27)(H,23,24,25). The van der Waals surface area contributed by atoms with Gasteiger partial charge < -0.3 is 19.6 Å². The number of nitrogens with one attached hydrogen (secondary N) is 1. The maximum Gasteiger partial charge on any atom is 0.306 e. The lowest BCUT2D eigenvalue weighted by Crippen LogP contribution is -2.28. The average molecular weight is 416 g/mol. The Labute approximate surface area is 173 Å². The second kappa shape index (κ2) is 8.39. The van der Waals surface area contributed by atoms with Crippen molar-refractivity contribution in [1.82, 2.24) is 15.0 Å². The number of H-pyrrole nitrogens is 1. The number of carbonyl (C=O) groups is 1. The SMILES string of the molecule is COCc1ccc(-c2nc3nc(OC4CCC(C(=O)O)CC4)[nH]c3cc2Cl)cc1. The lowest BCUT2D eigenvalue weighted by Gasteiger charge is -2.25. The van der Waals surface area contributed by atoms with Crippen LogP contribution in [0.2, 0.25) is 5.02 Å². The molecule has 2 aromatic heterocycles. The molecule has 0 atom stereocenters. The van der Waals surface area contributed by atoms with Crippen LogP contribution in [-0.2, 0) is 16.1 Å². The number of hydrogen-bond acceptors (Lipinski definition) is 5. The summed E-state index contributed by atoms with van der Waals surface area (Å²) in [7, 11) is 1.66. The van der Waals surface area contributed by atoms with Crippen LogP contribution >= 0.6 is 11.6 Å². The van der Waals surface area contributed by atoms with Gasteiger partial charge in [0.1, 0.15) is 6.10 Å². The highest BCUT2D eigenvalue weighted by molar-refractivity contribution is 6.33. The largest absolute Gasteiger partial charge is 0.481 e. The van der Waals surface area contributed by atoms with E-state index in [2.05, 4.69) is 15.0 Å². The van der Waals surface area contributed by atoms with Crippen molar-refractivity contribution in [2.75, 3.05) is 7.11 Å². The molecule has 0 bridgehead atoms. The van der Waals surface area contributed by atoms with E-state index in [1.807, 2.05) is 24.3 Å². The number of benzene rings is 1. The van der Waals surface area contributed by atoms with Gasteiger partial charge in [0, 0.05) is 12.7 Å². The van der Waals surface area contributed by atoms with E-state index >= 15 is 0 Å². The second-order valence-corrected chi connectivity index (χ2v) is 7.70. The van der Waals surface area contributed by atoms with E-state index in [1.54, 1.807) is 13.2 Å². The molecule has 1 aliphatic rings. The third-order valence-electron chi connectivity index (χ3n) is 5.25. The normalized spacial score (nSPS) is 19.4. The van der Waals surface area contributed by atoms with Gasteiger partial charge in [0.15, 0.2) is 5.65 Å². The number of halogens is 1. The van der Waals surface area contributed by atoms with Gasteiger partial charge >= 0.3 is 5.97 Å². The van der Waals surface area contributed by atoms with Crippen molar-refractivity contribution in [1.29, 1.82) is 0 Å². The van der Waals surface area contributed by atoms with Crippen molar-refractivity contribution in [2.45, 2.75) is 38.4 Å². The molecule has 0 aliphatic heterocycles. The van der Waals surface area contributed by atoms with Crippen LogP contribution in [0.1, 0.15) is 31.2 Å². The number of nitrogens with zero attached hydrogens (tertiary/aromatic N) is 2. The first kappa shape index (κ1) is 19.7. The first-order valence-electron chi connectivity index (χ1n) is 9.57. The molecule has 8 heteroatoms. The van der Waals surface area contributed by atoms with Gasteiger partial charge in [-0.3, -0.25) is 4.79 Å². The zero-order valence-corrected chi connectivity index (χ0v) is 16.8. The minimum absolute atomic E-state index is 0.0468. The van der Waals surface area contributed by atoms with Crippen molar-refractivity contribution in [3.05, 3.63) is 40.9 Å². The number of hydrogen-bond donors (Lipinski definition) is 2. The van der Waals surface area contributed by atoms with Crippen molar-refractivity contribution >= 4 is 28.7 Å². The van der Waals surface area contributed by atoms with E-state index in [9.17, 15) is 4.79 Å². The van der Waals surface area contributed by atoms with Crippen molar-refractivity contribution in [3.8, 4) is 17.3 Å². The van der Waals surface area contributed by atoms with Crippen LogP contribution in [0.15, 0.2) is 30.3 Å². The fourth-order valence-electron chi connectivity index (χ4n) is 3.66. The lowest BCUT2D eigenvalue weighted by molar-refractivity contribution is -0.143. The smallest absolute Gasteiger partial charge is 0.306 e. The van der Waals surface area contributed by atoms with Crippen LogP contribution in [0.5, 0.6) is 6.01 Å². The summed E-state index contributed by atoms with van der Waals surface area (Å²) in [6.07, 6.45) is 2.58. The molecule has 1 fully saturated rings. The molecular formula is C21H22ClN3O4. The fourth-order valence-corrected chi connectivity index (χ4v) is 3.93. The Balaban J connectivity index is 1.52. The molecule has 2 heterocycles. The highest BCUT2D eigenvalue weighted by Gasteiger charge is 2.27. The Morgan fingerprint density at radius 1 is 1.21 bits per heavy atom. The number of rotatable bonds is 6. The quantitative estimate of drug-likeness (QED) is 0.617. The number of aromatic amines is 1. The minimum atomic E-state index is -0.728. The highest BCUT2D eigenvalue weighted by atomic mass is 35.5. The predicted octanol–water partition coefficient (Wildman–Crippen LogP) is 4.45. The maximum atomic E-state index is 11.1. The summed E-state index contributed by atoms with van der Waals surface area (Å²) in [4.78, 5) is 23.2. The molecule has 1 aromatic carbocycles. The summed E-state index contributed by atoms with van der Waals surface area (Å²) < 4.78 is 11.1. The monoisotopic (exact) mass is 415 g/mol.